The fraction of sp³-hybridized carbons (Fsp3) is 0.167. The molecule has 0 saturated heterocycles. The Morgan fingerprint density at radius 1 is 1.24 bits per heavy atom. The van der Waals surface area contributed by atoms with Gasteiger partial charge in [0.1, 0.15) is 17.7 Å². The zero-order chi connectivity index (χ0) is 18.1. The minimum Gasteiger partial charge on any atom is -0.368 e. The van der Waals surface area contributed by atoms with Crippen molar-refractivity contribution in [3.8, 4) is 0 Å². The maximum absolute atomic E-state index is 13.9. The molecule has 25 heavy (non-hydrogen) atoms. The van der Waals surface area contributed by atoms with E-state index in [-0.39, 0.29) is 5.56 Å². The molecule has 0 saturated carbocycles. The second-order valence-corrected chi connectivity index (χ2v) is 5.75. The van der Waals surface area contributed by atoms with E-state index in [2.05, 4.69) is 10.3 Å². The average Bonchev–Trinajstić information content (AvgIpc) is 2.87. The van der Waals surface area contributed by atoms with Crippen LogP contribution in [0.3, 0.4) is 0 Å². The molecule has 0 bridgehead atoms. The predicted molar refractivity (Wildman–Crippen MR) is 91.3 cm³/mol. The van der Waals surface area contributed by atoms with E-state index < -0.39 is 23.7 Å². The van der Waals surface area contributed by atoms with Gasteiger partial charge in [-0.15, -0.1) is 0 Å². The van der Waals surface area contributed by atoms with Gasteiger partial charge in [0.05, 0.1) is 11.0 Å². The summed E-state index contributed by atoms with van der Waals surface area (Å²) < 4.78 is 15.8. The number of hydrogen-bond donors (Lipinski definition) is 2. The molecule has 0 aliphatic carbocycles. The Morgan fingerprint density at radius 3 is 2.64 bits per heavy atom. The number of primary amides is 1. The van der Waals surface area contributed by atoms with E-state index in [0.717, 1.165) is 11.3 Å². The fourth-order valence-corrected chi connectivity index (χ4v) is 2.69. The van der Waals surface area contributed by atoms with E-state index in [1.165, 1.54) is 18.2 Å². The normalized spacial score (nSPS) is 12.1. The third-order valence-corrected chi connectivity index (χ3v) is 4.14. The molecule has 2 aromatic carbocycles. The molecule has 3 aromatic rings. The van der Waals surface area contributed by atoms with Crippen LogP contribution in [0.4, 0.5) is 4.39 Å². The highest BCUT2D eigenvalue weighted by Crippen LogP contribution is 2.19. The van der Waals surface area contributed by atoms with Crippen LogP contribution in [-0.2, 0) is 11.8 Å². The topological polar surface area (TPSA) is 90.0 Å². The summed E-state index contributed by atoms with van der Waals surface area (Å²) in [4.78, 5) is 28.6. The monoisotopic (exact) mass is 340 g/mol. The van der Waals surface area contributed by atoms with Crippen LogP contribution in [0, 0.1) is 12.7 Å². The maximum Gasteiger partial charge on any atom is 0.252 e. The Labute approximate surface area is 143 Å². The molecule has 0 aliphatic heterocycles. The van der Waals surface area contributed by atoms with Crippen molar-refractivity contribution in [2.24, 2.45) is 12.8 Å². The largest absolute Gasteiger partial charge is 0.368 e. The van der Waals surface area contributed by atoms with Gasteiger partial charge in [-0.1, -0.05) is 18.2 Å². The van der Waals surface area contributed by atoms with Crippen LogP contribution in [0.15, 0.2) is 42.5 Å². The molecule has 1 aromatic heterocycles. The lowest BCUT2D eigenvalue weighted by molar-refractivity contribution is -0.120. The number of benzene rings is 2. The van der Waals surface area contributed by atoms with Crippen LogP contribution in [0.25, 0.3) is 11.0 Å². The van der Waals surface area contributed by atoms with Crippen LogP contribution in [0.1, 0.15) is 27.8 Å². The first-order valence-electron chi connectivity index (χ1n) is 7.66. The summed E-state index contributed by atoms with van der Waals surface area (Å²) in [5.74, 6) is -1.17. The highest BCUT2D eigenvalue weighted by Gasteiger charge is 2.24. The molecule has 128 valence electrons. The second kappa shape index (κ2) is 6.35. The van der Waals surface area contributed by atoms with Crippen LogP contribution < -0.4 is 11.1 Å². The fourth-order valence-electron chi connectivity index (χ4n) is 2.69. The highest BCUT2D eigenvalue weighted by molar-refractivity contribution is 6.00. The van der Waals surface area contributed by atoms with Crippen molar-refractivity contribution < 1.29 is 14.0 Å². The van der Waals surface area contributed by atoms with Crippen molar-refractivity contribution in [2.75, 3.05) is 0 Å². The summed E-state index contributed by atoms with van der Waals surface area (Å²) in [5, 5.41) is 2.49. The molecule has 7 heteroatoms. The Bertz CT molecular complexity index is 980. The van der Waals surface area contributed by atoms with Crippen molar-refractivity contribution >= 4 is 22.8 Å². The first-order chi connectivity index (χ1) is 11.9. The van der Waals surface area contributed by atoms with Crippen LogP contribution in [-0.4, -0.2) is 21.4 Å². The van der Waals surface area contributed by atoms with Gasteiger partial charge in [-0.25, -0.2) is 9.37 Å². The summed E-state index contributed by atoms with van der Waals surface area (Å²) in [6.07, 6.45) is 0. The van der Waals surface area contributed by atoms with Gasteiger partial charge >= 0.3 is 0 Å². The molecular weight excluding hydrogens is 323 g/mol. The Morgan fingerprint density at radius 2 is 1.96 bits per heavy atom. The predicted octanol–water partition coefficient (Wildman–Crippen LogP) is 1.98. The number of halogens is 1. The molecule has 0 radical (unpaired) electrons. The van der Waals surface area contributed by atoms with Gasteiger partial charge in [0.2, 0.25) is 5.91 Å². The van der Waals surface area contributed by atoms with Crippen LogP contribution >= 0.6 is 0 Å². The number of carbonyl (C=O) groups excluding carboxylic acids is 2. The lowest BCUT2D eigenvalue weighted by atomic mass is 10.0. The first-order valence-corrected chi connectivity index (χ1v) is 7.66. The molecule has 3 rings (SSSR count). The summed E-state index contributed by atoms with van der Waals surface area (Å²) >= 11 is 0. The molecule has 0 aliphatic rings. The molecule has 0 fully saturated rings. The van der Waals surface area contributed by atoms with Crippen molar-refractivity contribution in [2.45, 2.75) is 13.0 Å². The molecular formula is C18H17FN4O2. The number of carbonyl (C=O) groups is 2. The van der Waals surface area contributed by atoms with Crippen molar-refractivity contribution in [1.82, 2.24) is 14.9 Å². The van der Waals surface area contributed by atoms with Gasteiger partial charge in [0.25, 0.3) is 5.91 Å². The van der Waals surface area contributed by atoms with Crippen molar-refractivity contribution in [3.05, 3.63) is 65.2 Å². The molecule has 2 amide bonds. The third kappa shape index (κ3) is 3.08. The van der Waals surface area contributed by atoms with E-state index in [1.54, 1.807) is 24.3 Å². The van der Waals surface area contributed by atoms with Crippen molar-refractivity contribution in [3.63, 3.8) is 0 Å². The summed E-state index contributed by atoms with van der Waals surface area (Å²) in [6, 6.07) is 9.45. The standard InChI is InChI=1S/C18H17FN4O2/c1-10-21-14-9-11(7-8-15(14)23(10)2)18(25)22-16(17(20)24)12-5-3-4-6-13(12)19/h3-9,16H,1-2H3,(H2,20,24)(H,22,25). The molecule has 6 nitrogen and oxygen atoms in total. The minimum atomic E-state index is -1.25. The number of aryl methyl sites for hydroxylation is 2. The first kappa shape index (κ1) is 16.6. The van der Waals surface area contributed by atoms with E-state index in [4.69, 9.17) is 5.73 Å². The zero-order valence-electron chi connectivity index (χ0n) is 13.8. The van der Waals surface area contributed by atoms with E-state index in [1.807, 2.05) is 18.5 Å². The van der Waals surface area contributed by atoms with E-state index in [9.17, 15) is 14.0 Å². The van der Waals surface area contributed by atoms with E-state index >= 15 is 0 Å². The number of nitrogens with two attached hydrogens (primary N) is 1. The maximum atomic E-state index is 13.9. The van der Waals surface area contributed by atoms with E-state index in [0.29, 0.717) is 11.1 Å². The number of fused-ring (bicyclic) bond motifs is 1. The lowest BCUT2D eigenvalue weighted by Crippen LogP contribution is -2.38. The molecule has 3 N–H and O–H groups in total. The average molecular weight is 340 g/mol. The molecule has 1 unspecified atom stereocenters. The Hall–Kier alpha value is -3.22. The zero-order valence-corrected chi connectivity index (χ0v) is 13.8. The molecule has 0 spiro atoms. The number of hydrogen-bond acceptors (Lipinski definition) is 3. The summed E-state index contributed by atoms with van der Waals surface area (Å²) in [5.41, 5.74) is 7.23. The van der Waals surface area contributed by atoms with Gasteiger partial charge in [-0.3, -0.25) is 9.59 Å². The van der Waals surface area contributed by atoms with Gasteiger partial charge in [0.15, 0.2) is 0 Å². The van der Waals surface area contributed by atoms with Crippen molar-refractivity contribution in [1.29, 1.82) is 0 Å². The Kier molecular flexibility index (Phi) is 4.22. The minimum absolute atomic E-state index is 0.0260. The summed E-state index contributed by atoms with van der Waals surface area (Å²) in [7, 11) is 1.88. The Balaban J connectivity index is 1.92. The lowest BCUT2D eigenvalue weighted by Gasteiger charge is -2.16. The number of nitrogens with one attached hydrogen (secondary N) is 1. The molecule has 1 heterocycles. The number of aromatic nitrogens is 2. The quantitative estimate of drug-likeness (QED) is 0.761. The van der Waals surface area contributed by atoms with Gasteiger partial charge in [-0.2, -0.15) is 0 Å². The SMILES string of the molecule is Cc1nc2cc(C(=O)NC(C(N)=O)c3ccccc3F)ccc2n1C. The van der Waals surface area contributed by atoms with Gasteiger partial charge in [-0.05, 0) is 31.2 Å². The number of rotatable bonds is 4. The highest BCUT2D eigenvalue weighted by atomic mass is 19.1. The summed E-state index contributed by atoms with van der Waals surface area (Å²) in [6.45, 7) is 1.86. The van der Waals surface area contributed by atoms with Gasteiger partial charge < -0.3 is 15.6 Å². The number of nitrogens with zero attached hydrogens (tertiary/aromatic N) is 2. The second-order valence-electron chi connectivity index (χ2n) is 5.75. The number of amides is 2. The van der Waals surface area contributed by atoms with Crippen LogP contribution in [0.2, 0.25) is 0 Å². The number of imidazole rings is 1. The third-order valence-electron chi connectivity index (χ3n) is 4.14. The molecule has 1 atom stereocenters. The van der Waals surface area contributed by atoms with Gasteiger partial charge in [0, 0.05) is 18.2 Å². The smallest absolute Gasteiger partial charge is 0.252 e. The van der Waals surface area contributed by atoms with Crippen LogP contribution in [0.5, 0.6) is 0 Å².